The Morgan fingerprint density at radius 2 is 1.61 bits per heavy atom. The highest BCUT2D eigenvalue weighted by Crippen LogP contribution is 2.37. The van der Waals surface area contributed by atoms with Crippen molar-refractivity contribution >= 4 is 10.8 Å². The van der Waals surface area contributed by atoms with Crippen LogP contribution < -0.4 is 14.2 Å². The first kappa shape index (κ1) is 15.2. The van der Waals surface area contributed by atoms with Gasteiger partial charge in [-0.1, -0.05) is 30.3 Å². The van der Waals surface area contributed by atoms with Gasteiger partial charge in [-0.2, -0.15) is 0 Å². The average Bonchev–Trinajstić information content (AvgIpc) is 2.61. The summed E-state index contributed by atoms with van der Waals surface area (Å²) in [7, 11) is 3.26. The van der Waals surface area contributed by atoms with E-state index in [9.17, 15) is 0 Å². The zero-order chi connectivity index (χ0) is 16.2. The van der Waals surface area contributed by atoms with E-state index in [1.807, 2.05) is 55.5 Å². The number of ether oxygens (including phenoxy) is 3. The fraction of sp³-hybridized carbons (Fsp3) is 0.211. The molecule has 0 aliphatic heterocycles. The molecule has 0 unspecified atom stereocenters. The Hall–Kier alpha value is -2.75. The molecule has 0 aliphatic rings. The van der Waals surface area contributed by atoms with E-state index in [4.69, 9.17) is 14.2 Å². The van der Waals surface area contributed by atoms with Crippen LogP contribution in [0.4, 0.5) is 0 Å². The molecule has 0 aliphatic carbocycles. The van der Waals surface area contributed by atoms with Crippen molar-refractivity contribution in [3.05, 3.63) is 48.5 Å². The summed E-state index contributed by atoms with van der Waals surface area (Å²) in [6.07, 6.45) is 0. The van der Waals surface area contributed by atoms with Crippen LogP contribution in [-0.4, -0.2) is 25.8 Å². The van der Waals surface area contributed by atoms with E-state index in [1.165, 1.54) is 0 Å². The fourth-order valence-corrected chi connectivity index (χ4v) is 2.59. The summed E-state index contributed by atoms with van der Waals surface area (Å²) in [5.41, 5.74) is 1.90. The minimum Gasteiger partial charge on any atom is -0.493 e. The maximum atomic E-state index is 5.62. The Kier molecular flexibility index (Phi) is 4.33. The second-order valence-electron chi connectivity index (χ2n) is 5.04. The molecule has 118 valence electrons. The minimum absolute atomic E-state index is 0.569. The van der Waals surface area contributed by atoms with Gasteiger partial charge in [0.15, 0.2) is 11.5 Å². The van der Waals surface area contributed by atoms with Gasteiger partial charge in [0.05, 0.1) is 26.5 Å². The van der Waals surface area contributed by atoms with Gasteiger partial charge >= 0.3 is 0 Å². The lowest BCUT2D eigenvalue weighted by Gasteiger charge is -2.13. The summed E-state index contributed by atoms with van der Waals surface area (Å²) in [5.74, 6) is 1.97. The van der Waals surface area contributed by atoms with Crippen molar-refractivity contribution in [3.8, 4) is 28.6 Å². The predicted molar refractivity (Wildman–Crippen MR) is 91.5 cm³/mol. The smallest absolute Gasteiger partial charge is 0.214 e. The molecule has 0 saturated heterocycles. The van der Waals surface area contributed by atoms with Crippen LogP contribution in [0.25, 0.3) is 22.0 Å². The van der Waals surface area contributed by atoms with Crippen LogP contribution in [0.2, 0.25) is 0 Å². The molecule has 3 rings (SSSR count). The Balaban J connectivity index is 2.31. The van der Waals surface area contributed by atoms with Crippen molar-refractivity contribution in [3.63, 3.8) is 0 Å². The average molecular weight is 309 g/mol. The first-order chi connectivity index (χ1) is 11.3. The van der Waals surface area contributed by atoms with Crippen LogP contribution in [-0.2, 0) is 0 Å². The number of pyridine rings is 1. The molecule has 0 radical (unpaired) electrons. The summed E-state index contributed by atoms with van der Waals surface area (Å²) >= 11 is 0. The normalized spacial score (nSPS) is 10.6. The Labute approximate surface area is 135 Å². The summed E-state index contributed by atoms with van der Waals surface area (Å²) in [5, 5.41) is 2.00. The third kappa shape index (κ3) is 2.93. The fourth-order valence-electron chi connectivity index (χ4n) is 2.59. The molecule has 0 amide bonds. The van der Waals surface area contributed by atoms with Gasteiger partial charge in [0.2, 0.25) is 5.88 Å². The number of methoxy groups -OCH3 is 2. The Morgan fingerprint density at radius 1 is 0.913 bits per heavy atom. The number of hydrogen-bond acceptors (Lipinski definition) is 4. The number of fused-ring (bicyclic) bond motifs is 1. The molecule has 0 spiro atoms. The van der Waals surface area contributed by atoms with Crippen molar-refractivity contribution in [2.24, 2.45) is 0 Å². The SMILES string of the molecule is CCOc1cc2cc(OC)c(OC)cc2c(-c2ccccc2)n1. The van der Waals surface area contributed by atoms with Crippen LogP contribution in [0.1, 0.15) is 6.92 Å². The van der Waals surface area contributed by atoms with Gasteiger partial charge < -0.3 is 14.2 Å². The van der Waals surface area contributed by atoms with E-state index in [0.29, 0.717) is 24.0 Å². The van der Waals surface area contributed by atoms with Crippen LogP contribution >= 0.6 is 0 Å². The first-order valence-corrected chi connectivity index (χ1v) is 7.51. The molecule has 4 heteroatoms. The molecule has 23 heavy (non-hydrogen) atoms. The van der Waals surface area contributed by atoms with Gasteiger partial charge in [0.25, 0.3) is 0 Å². The van der Waals surface area contributed by atoms with Crippen molar-refractivity contribution < 1.29 is 14.2 Å². The van der Waals surface area contributed by atoms with E-state index < -0.39 is 0 Å². The van der Waals surface area contributed by atoms with Crippen molar-refractivity contribution in [2.45, 2.75) is 6.92 Å². The highest BCUT2D eigenvalue weighted by Gasteiger charge is 2.13. The molecule has 0 bridgehead atoms. The Bertz CT molecular complexity index is 816. The molecular weight excluding hydrogens is 290 g/mol. The van der Waals surface area contributed by atoms with Gasteiger partial charge in [-0.05, 0) is 24.4 Å². The van der Waals surface area contributed by atoms with E-state index in [-0.39, 0.29) is 0 Å². The zero-order valence-corrected chi connectivity index (χ0v) is 13.5. The highest BCUT2D eigenvalue weighted by atomic mass is 16.5. The van der Waals surface area contributed by atoms with Gasteiger partial charge in [0.1, 0.15) is 0 Å². The van der Waals surface area contributed by atoms with Crippen molar-refractivity contribution in [1.82, 2.24) is 4.98 Å². The molecule has 0 atom stereocenters. The number of nitrogens with zero attached hydrogens (tertiary/aromatic N) is 1. The molecule has 1 aromatic heterocycles. The monoisotopic (exact) mass is 309 g/mol. The topological polar surface area (TPSA) is 40.6 Å². The second-order valence-corrected chi connectivity index (χ2v) is 5.04. The summed E-state index contributed by atoms with van der Waals surface area (Å²) in [6.45, 7) is 2.52. The number of rotatable bonds is 5. The van der Waals surface area contributed by atoms with E-state index in [0.717, 1.165) is 22.0 Å². The highest BCUT2D eigenvalue weighted by molar-refractivity contribution is 5.97. The van der Waals surface area contributed by atoms with Crippen molar-refractivity contribution in [1.29, 1.82) is 0 Å². The van der Waals surface area contributed by atoms with Gasteiger partial charge in [-0.25, -0.2) is 4.98 Å². The summed E-state index contributed by atoms with van der Waals surface area (Å²) in [4.78, 5) is 4.67. The quantitative estimate of drug-likeness (QED) is 0.704. The third-order valence-electron chi connectivity index (χ3n) is 3.65. The molecule has 3 aromatic rings. The molecule has 0 fully saturated rings. The van der Waals surface area contributed by atoms with Crippen LogP contribution in [0.5, 0.6) is 17.4 Å². The molecule has 0 N–H and O–H groups in total. The molecule has 4 nitrogen and oxygen atoms in total. The molecule has 1 heterocycles. The molecular formula is C19H19NO3. The lowest BCUT2D eigenvalue weighted by atomic mass is 10.0. The van der Waals surface area contributed by atoms with Crippen LogP contribution in [0, 0.1) is 0 Å². The van der Waals surface area contributed by atoms with Crippen LogP contribution in [0.15, 0.2) is 48.5 Å². The lowest BCUT2D eigenvalue weighted by Crippen LogP contribution is -1.98. The largest absolute Gasteiger partial charge is 0.493 e. The maximum Gasteiger partial charge on any atom is 0.214 e. The van der Waals surface area contributed by atoms with Crippen LogP contribution in [0.3, 0.4) is 0 Å². The standard InChI is InChI=1S/C19H19NO3/c1-4-23-18-11-14-10-16(21-2)17(22-3)12-15(14)19(20-18)13-8-6-5-7-9-13/h5-12H,4H2,1-3H3. The first-order valence-electron chi connectivity index (χ1n) is 7.51. The number of hydrogen-bond donors (Lipinski definition) is 0. The summed E-state index contributed by atoms with van der Waals surface area (Å²) in [6, 6.07) is 15.9. The number of aromatic nitrogens is 1. The van der Waals surface area contributed by atoms with Gasteiger partial charge in [-0.3, -0.25) is 0 Å². The van der Waals surface area contributed by atoms with E-state index in [1.54, 1.807) is 14.2 Å². The van der Waals surface area contributed by atoms with E-state index in [2.05, 4.69) is 4.98 Å². The minimum atomic E-state index is 0.569. The molecule has 0 saturated carbocycles. The van der Waals surface area contributed by atoms with E-state index >= 15 is 0 Å². The van der Waals surface area contributed by atoms with Gasteiger partial charge in [-0.15, -0.1) is 0 Å². The van der Waals surface area contributed by atoms with Crippen molar-refractivity contribution in [2.75, 3.05) is 20.8 Å². The van der Waals surface area contributed by atoms with Gasteiger partial charge in [0, 0.05) is 17.0 Å². The Morgan fingerprint density at radius 3 is 2.26 bits per heavy atom. The maximum absolute atomic E-state index is 5.62. The third-order valence-corrected chi connectivity index (χ3v) is 3.65. The lowest BCUT2D eigenvalue weighted by molar-refractivity contribution is 0.328. The predicted octanol–water partition coefficient (Wildman–Crippen LogP) is 4.32. The summed E-state index contributed by atoms with van der Waals surface area (Å²) < 4.78 is 16.5. The molecule has 2 aromatic carbocycles. The second kappa shape index (κ2) is 6.57. The zero-order valence-electron chi connectivity index (χ0n) is 13.5. The number of benzene rings is 2.